The number of ether oxygens (including phenoxy) is 9. The molecule has 1 spiro atoms. The highest BCUT2D eigenvalue weighted by Crippen LogP contribution is 2.81. The maximum Gasteiger partial charge on any atom is 0.187 e. The quantitative estimate of drug-likeness (QED) is 0.0984. The van der Waals surface area contributed by atoms with Crippen LogP contribution in [-0.4, -0.2) is 239 Å². The summed E-state index contributed by atoms with van der Waals surface area (Å²) in [7, 11) is 0. The Labute approximate surface area is 436 Å². The minimum Gasteiger partial charge on any atom is -0.394 e. The van der Waals surface area contributed by atoms with Crippen molar-refractivity contribution >= 4 is 0 Å². The lowest BCUT2D eigenvalue weighted by Gasteiger charge is -2.75. The standard InChI is InChI=1S/C52H86O23/c1-46(2)14-27-51-13-9-26-48(5)11-10-30(47(3,4)25(48)8-12-49(26,6)50(51,7)16-29(57)52(27,28(56)15-46)45(66)75-51)72-43-39(74-42-38(65)35(62)32(59)22(17-53)69-42)34(61)24(20-68-43)71-44-40(36(63)33(60)23(18-54)70-44)73-41-37(64)31(58)21(55)19-67-41/h21-45,53-66H,8-20H2,1-7H3/t21-,22-,23-,24+,25-,26-,27-,28+,29-,30+,31+,32-,33-,34+,35+,36+,37-,38-,39-,40-,41+,42+,43+,44+,45+,48+,49-,50+,51+,52+/m1/s1. The lowest BCUT2D eigenvalue weighted by molar-refractivity contribution is -0.392. The van der Waals surface area contributed by atoms with Crippen molar-refractivity contribution in [3.8, 4) is 0 Å². The first-order valence-corrected chi connectivity index (χ1v) is 27.3. The molecular weight excluding hydrogens is 993 g/mol. The number of aliphatic hydroxyl groups excluding tert-OH is 14. The molecule has 5 aliphatic carbocycles. The largest absolute Gasteiger partial charge is 0.394 e. The molecular formula is C52H86O23. The Bertz CT molecular complexity index is 2040. The van der Waals surface area contributed by atoms with Gasteiger partial charge in [0.2, 0.25) is 0 Å². The van der Waals surface area contributed by atoms with Gasteiger partial charge in [0.05, 0.1) is 55.8 Å². The first kappa shape index (κ1) is 57.3. The fraction of sp³-hybridized carbons (Fsp3) is 1.00. The van der Waals surface area contributed by atoms with E-state index in [0.717, 1.165) is 25.7 Å². The lowest BCUT2D eigenvalue weighted by atomic mass is 9.30. The van der Waals surface area contributed by atoms with Crippen LogP contribution in [0.4, 0.5) is 0 Å². The van der Waals surface area contributed by atoms with Gasteiger partial charge in [0.25, 0.3) is 0 Å². The van der Waals surface area contributed by atoms with Gasteiger partial charge in [-0.3, -0.25) is 0 Å². The van der Waals surface area contributed by atoms with Crippen LogP contribution in [0.5, 0.6) is 0 Å². The molecule has 23 heteroatoms. The molecule has 14 N–H and O–H groups in total. The third kappa shape index (κ3) is 8.45. The summed E-state index contributed by atoms with van der Waals surface area (Å²) in [5, 5.41) is 154. The average molecular weight is 1080 g/mol. The van der Waals surface area contributed by atoms with E-state index in [1.165, 1.54) is 0 Å². The van der Waals surface area contributed by atoms with Crippen LogP contribution < -0.4 is 0 Å². The Morgan fingerprint density at radius 3 is 1.76 bits per heavy atom. The van der Waals surface area contributed by atoms with Crippen molar-refractivity contribution in [2.24, 2.45) is 50.2 Å². The molecule has 5 aliphatic heterocycles. The molecule has 0 aromatic rings. The maximum atomic E-state index is 12.4. The fourth-order valence-electron chi connectivity index (χ4n) is 17.7. The van der Waals surface area contributed by atoms with E-state index in [9.17, 15) is 71.5 Å². The Morgan fingerprint density at radius 2 is 1.08 bits per heavy atom. The molecule has 0 aromatic heterocycles. The molecule has 0 unspecified atom stereocenters. The predicted molar refractivity (Wildman–Crippen MR) is 253 cm³/mol. The molecule has 432 valence electrons. The molecule has 10 aliphatic rings. The van der Waals surface area contributed by atoms with Gasteiger partial charge in [-0.2, -0.15) is 0 Å². The Balaban J connectivity index is 0.906. The third-order valence-electron chi connectivity index (χ3n) is 21.9. The monoisotopic (exact) mass is 1080 g/mol. The highest BCUT2D eigenvalue weighted by molar-refractivity contribution is 5.30. The van der Waals surface area contributed by atoms with Gasteiger partial charge in [-0.25, -0.2) is 0 Å². The minimum absolute atomic E-state index is 0.0738. The molecule has 10 rings (SSSR count). The molecule has 10 fully saturated rings. The molecule has 30 atom stereocenters. The summed E-state index contributed by atoms with van der Waals surface area (Å²) in [4.78, 5) is 0. The van der Waals surface area contributed by atoms with Gasteiger partial charge >= 0.3 is 0 Å². The number of rotatable bonds is 10. The van der Waals surface area contributed by atoms with Crippen LogP contribution in [0.1, 0.15) is 106 Å². The van der Waals surface area contributed by atoms with Gasteiger partial charge in [0.1, 0.15) is 85.5 Å². The summed E-state index contributed by atoms with van der Waals surface area (Å²) in [5.74, 6) is -0.00691. The third-order valence-corrected chi connectivity index (χ3v) is 21.9. The molecule has 75 heavy (non-hydrogen) atoms. The summed E-state index contributed by atoms with van der Waals surface area (Å²) in [6, 6.07) is 0. The highest BCUT2D eigenvalue weighted by atomic mass is 16.8. The van der Waals surface area contributed by atoms with Crippen LogP contribution in [0.2, 0.25) is 0 Å². The van der Waals surface area contributed by atoms with Gasteiger partial charge in [-0.15, -0.1) is 0 Å². The van der Waals surface area contributed by atoms with E-state index >= 15 is 0 Å². The van der Waals surface area contributed by atoms with Crippen molar-refractivity contribution < 1.29 is 114 Å². The second kappa shape index (κ2) is 19.9. The normalized spacial score (nSPS) is 58.3. The van der Waals surface area contributed by atoms with Gasteiger partial charge in [-0.05, 0) is 91.3 Å². The van der Waals surface area contributed by atoms with E-state index < -0.39 is 183 Å². The Hall–Kier alpha value is -0.920. The van der Waals surface area contributed by atoms with E-state index in [1.807, 2.05) is 0 Å². The van der Waals surface area contributed by atoms with Crippen molar-refractivity contribution in [3.63, 3.8) is 0 Å². The fourth-order valence-corrected chi connectivity index (χ4v) is 17.7. The summed E-state index contributed by atoms with van der Waals surface area (Å²) < 4.78 is 55.6. The van der Waals surface area contributed by atoms with Crippen LogP contribution >= 0.6 is 0 Å². The molecule has 2 bridgehead atoms. The number of aliphatic hydroxyl groups is 14. The molecule has 23 nitrogen and oxygen atoms in total. The minimum atomic E-state index is -1.90. The average Bonchev–Trinajstić information content (AvgIpc) is 3.64. The number of hydrogen-bond acceptors (Lipinski definition) is 23. The smallest absolute Gasteiger partial charge is 0.187 e. The SMILES string of the molecule is CC1(C)C[C@H](O)[C@@]23[C@H](O)C[C@]4(C)[C@@](CC[C@@H]5[C@@]6(C)CC[C@H](O[C@@H]7OC[C@H](O[C@@H]8O[C@H](CO)[C@@H](O)[C@H](O)[C@H]8O[C@@H]8OC[C@@H](O)[C@H](O)[C@H]8O)[C@H](O)[C@H]7O[C@@H]7O[C@H](CO)[C@@H](O)[C@H](O)[C@H]7O)C(C)(C)[C@H]6CC[C@]54C)(O[C@@H]2O)[C@H]3C1. The molecule has 5 saturated carbocycles. The van der Waals surface area contributed by atoms with E-state index in [0.29, 0.717) is 32.1 Å². The van der Waals surface area contributed by atoms with Crippen LogP contribution in [0, 0.1) is 50.2 Å². The first-order valence-electron chi connectivity index (χ1n) is 27.3. The topological polar surface area (TPSA) is 366 Å². The lowest BCUT2D eigenvalue weighted by Crippen LogP contribution is -2.75. The maximum absolute atomic E-state index is 12.4. The van der Waals surface area contributed by atoms with Crippen molar-refractivity contribution in [2.45, 2.75) is 247 Å². The van der Waals surface area contributed by atoms with Crippen LogP contribution in [-0.2, 0) is 42.6 Å². The number of fused-ring (bicyclic) bond motifs is 4. The molecule has 5 saturated heterocycles. The van der Waals surface area contributed by atoms with Gasteiger partial charge in [0.15, 0.2) is 31.5 Å². The Morgan fingerprint density at radius 1 is 0.493 bits per heavy atom. The first-order chi connectivity index (χ1) is 35.1. The summed E-state index contributed by atoms with van der Waals surface area (Å²) in [6.45, 7) is 13.1. The van der Waals surface area contributed by atoms with E-state index in [1.54, 1.807) is 0 Å². The van der Waals surface area contributed by atoms with Gasteiger partial charge in [0, 0.05) is 11.3 Å². The van der Waals surface area contributed by atoms with E-state index in [2.05, 4.69) is 48.5 Å². The van der Waals surface area contributed by atoms with Gasteiger partial charge < -0.3 is 114 Å². The second-order valence-corrected chi connectivity index (χ2v) is 26.4. The van der Waals surface area contributed by atoms with Gasteiger partial charge in [-0.1, -0.05) is 48.5 Å². The van der Waals surface area contributed by atoms with Crippen LogP contribution in [0.25, 0.3) is 0 Å². The number of hydrogen-bond donors (Lipinski definition) is 14. The van der Waals surface area contributed by atoms with Crippen molar-refractivity contribution in [1.29, 1.82) is 0 Å². The summed E-state index contributed by atoms with van der Waals surface area (Å²) in [6.07, 6.45) is -28.0. The predicted octanol–water partition coefficient (Wildman–Crippen LogP) is -2.78. The van der Waals surface area contributed by atoms with Crippen LogP contribution in [0.15, 0.2) is 0 Å². The van der Waals surface area contributed by atoms with Crippen molar-refractivity contribution in [3.05, 3.63) is 0 Å². The van der Waals surface area contributed by atoms with Crippen molar-refractivity contribution in [1.82, 2.24) is 0 Å². The zero-order valence-electron chi connectivity index (χ0n) is 44.1. The summed E-state index contributed by atoms with van der Waals surface area (Å²) >= 11 is 0. The second-order valence-electron chi connectivity index (χ2n) is 26.4. The zero-order valence-corrected chi connectivity index (χ0v) is 44.1. The molecule has 0 aromatic carbocycles. The molecule has 0 amide bonds. The summed E-state index contributed by atoms with van der Waals surface area (Å²) in [5.41, 5.74) is -3.87. The van der Waals surface area contributed by atoms with Crippen molar-refractivity contribution in [2.75, 3.05) is 26.4 Å². The van der Waals surface area contributed by atoms with E-state index in [4.69, 9.17) is 42.6 Å². The Kier molecular flexibility index (Phi) is 15.2. The van der Waals surface area contributed by atoms with E-state index in [-0.39, 0.29) is 34.0 Å². The molecule has 0 radical (unpaired) electrons. The molecule has 5 heterocycles. The highest BCUT2D eigenvalue weighted by Gasteiger charge is 2.83. The van der Waals surface area contributed by atoms with Crippen LogP contribution in [0.3, 0.4) is 0 Å². The zero-order chi connectivity index (χ0) is 54.5.